The second-order valence-electron chi connectivity index (χ2n) is 4.03. The largest absolute Gasteiger partial charge is 0.478 e. The molecule has 0 spiro atoms. The highest BCUT2D eigenvalue weighted by atomic mass is 32.2. The lowest BCUT2D eigenvalue weighted by Crippen LogP contribution is -2.39. The molecule has 0 bridgehead atoms. The third-order valence-electron chi connectivity index (χ3n) is 2.78. The summed E-state index contributed by atoms with van der Waals surface area (Å²) in [5, 5.41) is 13.1. The highest BCUT2D eigenvalue weighted by molar-refractivity contribution is 7.92. The molecule has 0 saturated carbocycles. The molecule has 0 aliphatic carbocycles. The molecule has 7 heteroatoms. The third-order valence-corrected chi connectivity index (χ3v) is 4.56. The van der Waals surface area contributed by atoms with Crippen LogP contribution in [-0.2, 0) is 9.84 Å². The Hall–Kier alpha value is -1.37. The average Bonchev–Trinajstić information content (AvgIpc) is 2.37. The van der Waals surface area contributed by atoms with E-state index in [2.05, 4.69) is 5.10 Å². The van der Waals surface area contributed by atoms with E-state index in [0.717, 1.165) is 0 Å². The fourth-order valence-electron chi connectivity index (χ4n) is 2.01. The van der Waals surface area contributed by atoms with Gasteiger partial charge in [0.25, 0.3) is 0 Å². The van der Waals surface area contributed by atoms with Gasteiger partial charge in [-0.05, 0) is 13.8 Å². The first kappa shape index (κ1) is 11.1. The molecule has 2 heterocycles. The van der Waals surface area contributed by atoms with Gasteiger partial charge in [0.2, 0.25) is 0 Å². The minimum atomic E-state index is -2.93. The summed E-state index contributed by atoms with van der Waals surface area (Å²) in [6, 6.07) is -0.211. The molecule has 0 atom stereocenters. The molecule has 1 saturated heterocycles. The summed E-state index contributed by atoms with van der Waals surface area (Å²) >= 11 is 0. The van der Waals surface area contributed by atoms with Crippen LogP contribution < -0.4 is 0 Å². The Morgan fingerprint density at radius 1 is 1.44 bits per heavy atom. The number of nitrogens with zero attached hydrogens (tertiary/aromatic N) is 2. The Morgan fingerprint density at radius 3 is 2.38 bits per heavy atom. The number of aryl methyl sites for hydroxylation is 1. The summed E-state index contributed by atoms with van der Waals surface area (Å²) < 4.78 is 23.6. The molecule has 1 aliphatic rings. The van der Waals surface area contributed by atoms with E-state index in [1.807, 2.05) is 0 Å². The molecule has 16 heavy (non-hydrogen) atoms. The molecule has 88 valence electrons. The topological polar surface area (TPSA) is 89.3 Å². The molecular weight excluding hydrogens is 232 g/mol. The minimum Gasteiger partial charge on any atom is -0.478 e. The lowest BCUT2D eigenvalue weighted by Gasteiger charge is -2.27. The zero-order chi connectivity index (χ0) is 12.1. The van der Waals surface area contributed by atoms with Crippen molar-refractivity contribution in [2.45, 2.75) is 19.9 Å². The van der Waals surface area contributed by atoms with Crippen LogP contribution in [0.2, 0.25) is 0 Å². The smallest absolute Gasteiger partial charge is 0.339 e. The lowest BCUT2D eigenvalue weighted by atomic mass is 10.2. The first-order valence-electron chi connectivity index (χ1n) is 4.81. The van der Waals surface area contributed by atoms with Crippen molar-refractivity contribution in [3.05, 3.63) is 17.0 Å². The van der Waals surface area contributed by atoms with Crippen molar-refractivity contribution in [2.75, 3.05) is 11.5 Å². The maximum absolute atomic E-state index is 11.1. The number of carboxylic acid groups (broad SMARTS) is 1. The van der Waals surface area contributed by atoms with Crippen molar-refractivity contribution < 1.29 is 18.3 Å². The normalized spacial score (nSPS) is 19.4. The number of aromatic carboxylic acids is 1. The minimum absolute atomic E-state index is 0.0496. The van der Waals surface area contributed by atoms with E-state index in [4.69, 9.17) is 5.11 Å². The Bertz CT molecular complexity index is 546. The summed E-state index contributed by atoms with van der Waals surface area (Å²) in [6.07, 6.45) is 0. The molecule has 6 nitrogen and oxygen atoms in total. The highest BCUT2D eigenvalue weighted by Gasteiger charge is 2.37. The van der Waals surface area contributed by atoms with Crippen LogP contribution in [-0.4, -0.2) is 40.8 Å². The van der Waals surface area contributed by atoms with Crippen LogP contribution in [0.25, 0.3) is 0 Å². The predicted molar refractivity (Wildman–Crippen MR) is 56.4 cm³/mol. The van der Waals surface area contributed by atoms with Gasteiger partial charge < -0.3 is 5.11 Å². The maximum Gasteiger partial charge on any atom is 0.339 e. The van der Waals surface area contributed by atoms with E-state index in [-0.39, 0.29) is 23.1 Å². The van der Waals surface area contributed by atoms with Crippen LogP contribution in [0.15, 0.2) is 0 Å². The average molecular weight is 244 g/mol. The maximum atomic E-state index is 11.1. The summed E-state index contributed by atoms with van der Waals surface area (Å²) in [7, 11) is -2.93. The zero-order valence-electron chi connectivity index (χ0n) is 8.97. The first-order valence-corrected chi connectivity index (χ1v) is 6.63. The Kier molecular flexibility index (Phi) is 2.30. The fourth-order valence-corrected chi connectivity index (χ4v) is 3.36. The molecule has 0 aromatic carbocycles. The zero-order valence-corrected chi connectivity index (χ0v) is 9.78. The van der Waals surface area contributed by atoms with Crippen molar-refractivity contribution >= 4 is 15.8 Å². The standard InChI is InChI=1S/C9H12N2O4S/c1-5-8(9(12)13)6(2)11(10-5)7-3-16(14,15)4-7/h7H,3-4H2,1-2H3,(H,12,13). The van der Waals surface area contributed by atoms with Gasteiger partial charge in [0, 0.05) is 0 Å². The van der Waals surface area contributed by atoms with E-state index < -0.39 is 15.8 Å². The number of hydrogen-bond donors (Lipinski definition) is 1. The molecule has 1 fully saturated rings. The van der Waals surface area contributed by atoms with Crippen LogP contribution in [0, 0.1) is 13.8 Å². The van der Waals surface area contributed by atoms with Crippen molar-refractivity contribution in [3.63, 3.8) is 0 Å². The second-order valence-corrected chi connectivity index (χ2v) is 6.18. The van der Waals surface area contributed by atoms with Crippen LogP contribution in [0.4, 0.5) is 0 Å². The fraction of sp³-hybridized carbons (Fsp3) is 0.556. The van der Waals surface area contributed by atoms with Crippen LogP contribution in [0.5, 0.6) is 0 Å². The summed E-state index contributed by atoms with van der Waals surface area (Å²) in [5.41, 5.74) is 1.11. The molecule has 0 amide bonds. The van der Waals surface area contributed by atoms with E-state index in [1.165, 1.54) is 4.68 Å². The molecular formula is C9H12N2O4S. The number of carbonyl (C=O) groups is 1. The van der Waals surface area contributed by atoms with Crippen LogP contribution in [0.1, 0.15) is 27.8 Å². The Labute approximate surface area is 92.8 Å². The van der Waals surface area contributed by atoms with Gasteiger partial charge in [-0.25, -0.2) is 13.2 Å². The molecule has 0 unspecified atom stereocenters. The van der Waals surface area contributed by atoms with Gasteiger partial charge in [0.15, 0.2) is 9.84 Å². The van der Waals surface area contributed by atoms with Gasteiger partial charge >= 0.3 is 5.97 Å². The van der Waals surface area contributed by atoms with E-state index in [1.54, 1.807) is 13.8 Å². The van der Waals surface area contributed by atoms with E-state index >= 15 is 0 Å². The Balaban J connectivity index is 2.38. The molecule has 1 N–H and O–H groups in total. The number of carboxylic acids is 1. The van der Waals surface area contributed by atoms with Gasteiger partial charge in [0.05, 0.1) is 28.9 Å². The van der Waals surface area contributed by atoms with Crippen molar-refractivity contribution in [1.82, 2.24) is 9.78 Å². The van der Waals surface area contributed by atoms with Gasteiger partial charge in [-0.3, -0.25) is 4.68 Å². The van der Waals surface area contributed by atoms with E-state index in [9.17, 15) is 13.2 Å². The predicted octanol–water partition coefficient (Wildman–Crippen LogP) is 0.168. The Morgan fingerprint density at radius 2 is 2.00 bits per heavy atom. The van der Waals surface area contributed by atoms with Gasteiger partial charge in [0.1, 0.15) is 5.56 Å². The third kappa shape index (κ3) is 1.60. The monoisotopic (exact) mass is 244 g/mol. The van der Waals surface area contributed by atoms with Crippen LogP contribution >= 0.6 is 0 Å². The van der Waals surface area contributed by atoms with Crippen molar-refractivity contribution in [1.29, 1.82) is 0 Å². The number of sulfone groups is 1. The first-order chi connectivity index (χ1) is 7.32. The summed E-state index contributed by atoms with van der Waals surface area (Å²) in [4.78, 5) is 10.9. The summed E-state index contributed by atoms with van der Waals surface area (Å²) in [6.45, 7) is 3.26. The second kappa shape index (κ2) is 3.31. The molecule has 0 radical (unpaired) electrons. The number of rotatable bonds is 2. The van der Waals surface area contributed by atoms with Gasteiger partial charge in [-0.2, -0.15) is 5.10 Å². The molecule has 1 aromatic rings. The van der Waals surface area contributed by atoms with Gasteiger partial charge in [-0.1, -0.05) is 0 Å². The highest BCUT2D eigenvalue weighted by Crippen LogP contribution is 2.26. The van der Waals surface area contributed by atoms with Gasteiger partial charge in [-0.15, -0.1) is 0 Å². The summed E-state index contributed by atoms with van der Waals surface area (Å²) in [5.74, 6) is -0.925. The SMILES string of the molecule is Cc1nn(C2CS(=O)(=O)C2)c(C)c1C(=O)O. The molecule has 2 rings (SSSR count). The number of hydrogen-bond acceptors (Lipinski definition) is 4. The number of aromatic nitrogens is 2. The quantitative estimate of drug-likeness (QED) is 0.800. The van der Waals surface area contributed by atoms with Crippen molar-refractivity contribution in [3.8, 4) is 0 Å². The lowest BCUT2D eigenvalue weighted by molar-refractivity contribution is 0.0695. The molecule has 1 aromatic heterocycles. The van der Waals surface area contributed by atoms with Crippen molar-refractivity contribution in [2.24, 2.45) is 0 Å². The van der Waals surface area contributed by atoms with E-state index in [0.29, 0.717) is 11.4 Å². The van der Waals surface area contributed by atoms with Crippen LogP contribution in [0.3, 0.4) is 0 Å². The molecule has 1 aliphatic heterocycles.